The molecule has 0 fully saturated rings. The smallest absolute Gasteiger partial charge is 0.276 e. The molecule has 0 atom stereocenters. The van der Waals surface area contributed by atoms with E-state index >= 15 is 0 Å². The molecule has 2 aromatic heterocycles. The van der Waals surface area contributed by atoms with Crippen molar-refractivity contribution in [3.05, 3.63) is 11.9 Å². The Balaban J connectivity index is 2.24. The van der Waals surface area contributed by atoms with Crippen LogP contribution in [0, 0.1) is 0 Å². The Morgan fingerprint density at radius 1 is 1.57 bits per heavy atom. The maximum Gasteiger partial charge on any atom is 0.276 e. The Bertz CT molecular complexity index is 419. The number of nitrogens with two attached hydrogens (primary N) is 1. The zero-order valence-corrected chi connectivity index (χ0v) is 7.82. The lowest BCUT2D eigenvalue weighted by Crippen LogP contribution is -1.85. The number of nitrogen functional groups attached to an aromatic ring is 1. The van der Waals surface area contributed by atoms with Crippen molar-refractivity contribution in [2.24, 2.45) is 0 Å². The van der Waals surface area contributed by atoms with Crippen LogP contribution in [0.2, 0.25) is 0 Å². The lowest BCUT2D eigenvalue weighted by Gasteiger charge is -1.84. The van der Waals surface area contributed by atoms with Crippen LogP contribution in [0.15, 0.2) is 10.6 Å². The van der Waals surface area contributed by atoms with Crippen LogP contribution in [-0.2, 0) is 6.42 Å². The first-order chi connectivity index (χ1) is 6.79. The molecule has 0 spiro atoms. The number of hydrogen-bond acceptors (Lipinski definition) is 5. The number of anilines is 1. The van der Waals surface area contributed by atoms with Crippen LogP contribution in [0.1, 0.15) is 19.2 Å². The quantitative estimate of drug-likeness (QED) is 0.758. The molecule has 6 heteroatoms. The molecule has 0 aliphatic carbocycles. The molecule has 14 heavy (non-hydrogen) atoms. The molecule has 0 saturated heterocycles. The predicted octanol–water partition coefficient (Wildman–Crippen LogP) is 0.994. The molecule has 0 aliphatic heterocycles. The second-order valence-corrected chi connectivity index (χ2v) is 2.97. The van der Waals surface area contributed by atoms with Gasteiger partial charge in [0.15, 0.2) is 5.82 Å². The van der Waals surface area contributed by atoms with Gasteiger partial charge in [-0.15, -0.1) is 0 Å². The van der Waals surface area contributed by atoms with E-state index in [0.717, 1.165) is 12.8 Å². The van der Waals surface area contributed by atoms with Crippen LogP contribution in [0.5, 0.6) is 0 Å². The summed E-state index contributed by atoms with van der Waals surface area (Å²) < 4.78 is 5.03. The van der Waals surface area contributed by atoms with E-state index in [4.69, 9.17) is 10.3 Å². The van der Waals surface area contributed by atoms with Crippen molar-refractivity contribution in [3.63, 3.8) is 0 Å². The van der Waals surface area contributed by atoms with E-state index in [1.165, 1.54) is 0 Å². The van der Waals surface area contributed by atoms with Gasteiger partial charge in [0.1, 0.15) is 11.5 Å². The van der Waals surface area contributed by atoms with Crippen molar-refractivity contribution >= 4 is 5.82 Å². The molecular formula is C8H11N5O. The molecule has 2 heterocycles. The van der Waals surface area contributed by atoms with Crippen molar-refractivity contribution in [3.8, 4) is 11.6 Å². The molecule has 3 N–H and O–H groups in total. The van der Waals surface area contributed by atoms with Gasteiger partial charge in [0.2, 0.25) is 0 Å². The Hall–Kier alpha value is -1.85. The number of aryl methyl sites for hydroxylation is 1. The maximum atomic E-state index is 5.45. The summed E-state index contributed by atoms with van der Waals surface area (Å²) in [6, 6.07) is 1.66. The Kier molecular flexibility index (Phi) is 2.18. The molecule has 0 radical (unpaired) electrons. The fourth-order valence-electron chi connectivity index (χ4n) is 1.14. The first-order valence-corrected chi connectivity index (χ1v) is 4.43. The minimum atomic E-state index is 0.412. The van der Waals surface area contributed by atoms with Crippen LogP contribution in [0.4, 0.5) is 5.82 Å². The highest BCUT2D eigenvalue weighted by atomic mass is 16.5. The molecule has 2 aromatic rings. The van der Waals surface area contributed by atoms with E-state index in [0.29, 0.717) is 23.2 Å². The summed E-state index contributed by atoms with van der Waals surface area (Å²) >= 11 is 0. The van der Waals surface area contributed by atoms with Crippen LogP contribution in [0.3, 0.4) is 0 Å². The van der Waals surface area contributed by atoms with Gasteiger partial charge in [-0.05, 0) is 6.42 Å². The second-order valence-electron chi connectivity index (χ2n) is 2.97. The highest BCUT2D eigenvalue weighted by Crippen LogP contribution is 2.16. The minimum absolute atomic E-state index is 0.412. The zero-order chi connectivity index (χ0) is 9.97. The average Bonchev–Trinajstić information content (AvgIpc) is 2.74. The van der Waals surface area contributed by atoms with E-state index in [1.807, 2.05) is 0 Å². The molecule has 0 aliphatic rings. The highest BCUT2D eigenvalue weighted by Gasteiger charge is 2.09. The molecule has 0 amide bonds. The van der Waals surface area contributed by atoms with Gasteiger partial charge in [-0.2, -0.15) is 10.1 Å². The molecule has 0 aromatic carbocycles. The van der Waals surface area contributed by atoms with Gasteiger partial charge in [-0.3, -0.25) is 5.10 Å². The van der Waals surface area contributed by atoms with Gasteiger partial charge in [-0.25, -0.2) is 0 Å². The predicted molar refractivity (Wildman–Crippen MR) is 50.3 cm³/mol. The molecule has 0 bridgehead atoms. The average molecular weight is 193 g/mol. The van der Waals surface area contributed by atoms with Gasteiger partial charge in [0, 0.05) is 12.5 Å². The monoisotopic (exact) mass is 193 g/mol. The van der Waals surface area contributed by atoms with Gasteiger partial charge >= 0.3 is 0 Å². The number of nitrogens with zero attached hydrogens (tertiary/aromatic N) is 3. The summed E-state index contributed by atoms with van der Waals surface area (Å²) in [6.45, 7) is 2.06. The van der Waals surface area contributed by atoms with Gasteiger partial charge < -0.3 is 10.3 Å². The summed E-state index contributed by atoms with van der Waals surface area (Å²) in [5.41, 5.74) is 6.10. The van der Waals surface area contributed by atoms with Crippen molar-refractivity contribution in [1.29, 1.82) is 0 Å². The number of H-pyrrole nitrogens is 1. The van der Waals surface area contributed by atoms with Crippen LogP contribution < -0.4 is 5.73 Å². The zero-order valence-electron chi connectivity index (χ0n) is 7.82. The van der Waals surface area contributed by atoms with E-state index < -0.39 is 0 Å². The normalized spacial score (nSPS) is 10.6. The van der Waals surface area contributed by atoms with E-state index in [9.17, 15) is 0 Å². The number of hydrogen-bond donors (Lipinski definition) is 2. The molecule has 2 rings (SSSR count). The third kappa shape index (κ3) is 1.59. The topological polar surface area (TPSA) is 93.6 Å². The van der Waals surface area contributed by atoms with Crippen LogP contribution in [-0.4, -0.2) is 20.3 Å². The molecular weight excluding hydrogens is 182 g/mol. The first-order valence-electron chi connectivity index (χ1n) is 4.43. The number of rotatable bonds is 3. The summed E-state index contributed by atoms with van der Waals surface area (Å²) in [5, 5.41) is 10.3. The maximum absolute atomic E-state index is 5.45. The molecule has 0 unspecified atom stereocenters. The number of aromatic amines is 1. The van der Waals surface area contributed by atoms with Crippen molar-refractivity contribution in [2.75, 3.05) is 5.73 Å². The largest absolute Gasteiger partial charge is 0.382 e. The SMILES string of the molecule is CCCc1noc(-c2cc(N)n[nH]2)n1. The summed E-state index contributed by atoms with van der Waals surface area (Å²) in [7, 11) is 0. The van der Waals surface area contributed by atoms with Crippen LogP contribution >= 0.6 is 0 Å². The van der Waals surface area contributed by atoms with Gasteiger partial charge in [0.25, 0.3) is 5.89 Å². The Morgan fingerprint density at radius 3 is 3.07 bits per heavy atom. The highest BCUT2D eigenvalue weighted by molar-refractivity contribution is 5.51. The standard InChI is InChI=1S/C8H11N5O/c1-2-3-7-10-8(14-13-7)5-4-6(9)12-11-5/h4H,2-3H2,1H3,(H3,9,11,12). The first kappa shape index (κ1) is 8.74. The molecule has 0 saturated carbocycles. The third-order valence-electron chi connectivity index (χ3n) is 1.77. The number of nitrogens with one attached hydrogen (secondary N) is 1. The van der Waals surface area contributed by atoms with E-state index in [2.05, 4.69) is 27.3 Å². The van der Waals surface area contributed by atoms with Crippen molar-refractivity contribution in [2.45, 2.75) is 19.8 Å². The summed E-state index contributed by atoms with van der Waals surface area (Å²) in [5.74, 6) is 1.54. The van der Waals surface area contributed by atoms with E-state index in [1.54, 1.807) is 6.07 Å². The van der Waals surface area contributed by atoms with Gasteiger partial charge in [-0.1, -0.05) is 12.1 Å². The Morgan fingerprint density at radius 2 is 2.43 bits per heavy atom. The minimum Gasteiger partial charge on any atom is -0.382 e. The summed E-state index contributed by atoms with van der Waals surface area (Å²) in [6.07, 6.45) is 1.80. The second kappa shape index (κ2) is 3.49. The molecule has 6 nitrogen and oxygen atoms in total. The number of aromatic nitrogens is 4. The fraction of sp³-hybridized carbons (Fsp3) is 0.375. The summed E-state index contributed by atoms with van der Waals surface area (Å²) in [4.78, 5) is 4.18. The molecule has 74 valence electrons. The lowest BCUT2D eigenvalue weighted by molar-refractivity contribution is 0.421. The van der Waals surface area contributed by atoms with Crippen LogP contribution in [0.25, 0.3) is 11.6 Å². The van der Waals surface area contributed by atoms with E-state index in [-0.39, 0.29) is 0 Å². The van der Waals surface area contributed by atoms with Gasteiger partial charge in [0.05, 0.1) is 0 Å². The fourth-order valence-corrected chi connectivity index (χ4v) is 1.14. The van der Waals surface area contributed by atoms with Crippen molar-refractivity contribution in [1.82, 2.24) is 20.3 Å². The van der Waals surface area contributed by atoms with Crippen molar-refractivity contribution < 1.29 is 4.52 Å². The lowest BCUT2D eigenvalue weighted by atomic mass is 10.3. The Labute approximate surface area is 80.5 Å². The third-order valence-corrected chi connectivity index (χ3v) is 1.77.